The quantitative estimate of drug-likeness (QED) is 0.872. The van der Waals surface area contributed by atoms with Gasteiger partial charge in [-0.2, -0.15) is 0 Å². The van der Waals surface area contributed by atoms with Crippen molar-refractivity contribution in [3.05, 3.63) is 35.9 Å². The largest absolute Gasteiger partial charge is 0.481 e. The van der Waals surface area contributed by atoms with Crippen LogP contribution in [0.5, 0.6) is 0 Å². The maximum Gasteiger partial charge on any atom is 0.407 e. The van der Waals surface area contributed by atoms with E-state index >= 15 is 0 Å². The smallest absolute Gasteiger partial charge is 0.407 e. The number of carbonyl (C=O) groups excluding carboxylic acids is 1. The number of benzene rings is 1. The Morgan fingerprint density at radius 1 is 1.13 bits per heavy atom. The molecule has 0 aliphatic heterocycles. The van der Waals surface area contributed by atoms with Gasteiger partial charge in [0.05, 0.1) is 12.0 Å². The molecule has 0 bridgehead atoms. The van der Waals surface area contributed by atoms with Gasteiger partial charge in [-0.1, -0.05) is 36.8 Å². The predicted octanol–water partition coefficient (Wildman–Crippen LogP) is 3.48. The number of alkyl carbamates (subject to hydrolysis) is 1. The lowest BCUT2D eigenvalue weighted by atomic mass is 9.72. The van der Waals surface area contributed by atoms with Crippen molar-refractivity contribution >= 4 is 12.1 Å². The number of hydrogen-bond acceptors (Lipinski definition) is 3. The van der Waals surface area contributed by atoms with Crippen molar-refractivity contribution in [3.8, 4) is 0 Å². The third-order valence-electron chi connectivity index (χ3n) is 5.10. The lowest BCUT2D eigenvalue weighted by Gasteiger charge is -2.40. The molecule has 0 aromatic heterocycles. The zero-order valence-corrected chi connectivity index (χ0v) is 13.2. The van der Waals surface area contributed by atoms with Crippen molar-refractivity contribution in [2.45, 2.75) is 57.1 Å². The van der Waals surface area contributed by atoms with Crippen LogP contribution in [-0.4, -0.2) is 22.7 Å². The van der Waals surface area contributed by atoms with Crippen molar-refractivity contribution in [2.75, 3.05) is 0 Å². The van der Waals surface area contributed by atoms with Crippen LogP contribution in [0.2, 0.25) is 0 Å². The van der Waals surface area contributed by atoms with Crippen molar-refractivity contribution < 1.29 is 19.4 Å². The van der Waals surface area contributed by atoms with E-state index in [0.29, 0.717) is 6.42 Å². The molecule has 2 N–H and O–H groups in total. The van der Waals surface area contributed by atoms with E-state index in [1.807, 2.05) is 30.3 Å². The highest BCUT2D eigenvalue weighted by molar-refractivity contribution is 5.72. The number of rotatable bonds is 5. The van der Waals surface area contributed by atoms with Crippen LogP contribution in [0.4, 0.5) is 4.79 Å². The van der Waals surface area contributed by atoms with Gasteiger partial charge in [0.15, 0.2) is 0 Å². The van der Waals surface area contributed by atoms with Gasteiger partial charge in [0.2, 0.25) is 0 Å². The van der Waals surface area contributed by atoms with Crippen LogP contribution in [-0.2, 0) is 16.1 Å². The number of carboxylic acids is 1. The molecule has 23 heavy (non-hydrogen) atoms. The highest BCUT2D eigenvalue weighted by Crippen LogP contribution is 2.59. The van der Waals surface area contributed by atoms with Crippen LogP contribution in [0.25, 0.3) is 0 Å². The topological polar surface area (TPSA) is 75.6 Å². The molecule has 1 aromatic carbocycles. The minimum absolute atomic E-state index is 0.0326. The summed E-state index contributed by atoms with van der Waals surface area (Å²) >= 11 is 0. The van der Waals surface area contributed by atoms with Gasteiger partial charge in [-0.3, -0.25) is 4.79 Å². The summed E-state index contributed by atoms with van der Waals surface area (Å²) in [5, 5.41) is 12.1. The molecule has 1 atom stereocenters. The number of carbonyl (C=O) groups is 2. The third kappa shape index (κ3) is 4.03. The molecule has 3 rings (SSSR count). The average molecular weight is 317 g/mol. The summed E-state index contributed by atoms with van der Waals surface area (Å²) in [6.07, 6.45) is 5.32. The molecule has 1 aromatic rings. The first-order valence-electron chi connectivity index (χ1n) is 8.22. The minimum Gasteiger partial charge on any atom is -0.481 e. The third-order valence-corrected chi connectivity index (χ3v) is 5.10. The fraction of sp³-hybridized carbons (Fsp3) is 0.556. The molecule has 124 valence electrons. The molecule has 0 saturated heterocycles. The molecule has 5 heteroatoms. The fourth-order valence-corrected chi connectivity index (χ4v) is 3.87. The number of nitrogens with one attached hydrogen (secondary N) is 1. The summed E-state index contributed by atoms with van der Waals surface area (Å²) in [6, 6.07) is 9.46. The molecule has 1 spiro atoms. The standard InChI is InChI=1S/C18H23NO4/c20-15(21)11-18(8-4-7-17(13-18)9-10-17)19-16(22)23-12-14-5-2-1-3-6-14/h1-3,5-6H,4,7-13H2,(H,19,22)(H,20,21). The second-order valence-corrected chi connectivity index (χ2v) is 7.07. The molecule has 5 nitrogen and oxygen atoms in total. The van der Waals surface area contributed by atoms with E-state index in [0.717, 1.165) is 37.7 Å². The Bertz CT molecular complexity index is 582. The number of hydrogen-bond donors (Lipinski definition) is 2. The predicted molar refractivity (Wildman–Crippen MR) is 84.9 cm³/mol. The Morgan fingerprint density at radius 3 is 2.52 bits per heavy atom. The number of amides is 1. The van der Waals surface area contributed by atoms with Crippen LogP contribution in [0, 0.1) is 5.41 Å². The molecule has 2 saturated carbocycles. The van der Waals surface area contributed by atoms with E-state index in [1.165, 1.54) is 0 Å². The summed E-state index contributed by atoms with van der Waals surface area (Å²) in [5.41, 5.74) is 0.520. The Morgan fingerprint density at radius 2 is 1.87 bits per heavy atom. The number of ether oxygens (including phenoxy) is 1. The lowest BCUT2D eigenvalue weighted by Crippen LogP contribution is -2.53. The molecule has 2 aliphatic rings. The van der Waals surface area contributed by atoms with Gasteiger partial charge in [0.25, 0.3) is 0 Å². The zero-order chi connectivity index (χ0) is 16.3. The minimum atomic E-state index is -0.869. The lowest BCUT2D eigenvalue weighted by molar-refractivity contribution is -0.139. The summed E-state index contributed by atoms with van der Waals surface area (Å²) < 4.78 is 5.28. The van der Waals surface area contributed by atoms with E-state index in [9.17, 15) is 14.7 Å². The van der Waals surface area contributed by atoms with E-state index < -0.39 is 17.6 Å². The first-order valence-corrected chi connectivity index (χ1v) is 8.22. The van der Waals surface area contributed by atoms with Crippen LogP contribution < -0.4 is 5.32 Å². The summed E-state index contributed by atoms with van der Waals surface area (Å²) in [5.74, 6) is -0.869. The summed E-state index contributed by atoms with van der Waals surface area (Å²) in [7, 11) is 0. The molecule has 0 radical (unpaired) electrons. The molecule has 1 amide bonds. The highest BCUT2D eigenvalue weighted by Gasteiger charge is 2.52. The average Bonchev–Trinajstić information content (AvgIpc) is 3.24. The van der Waals surface area contributed by atoms with Crippen molar-refractivity contribution in [2.24, 2.45) is 5.41 Å². The van der Waals surface area contributed by atoms with Crippen molar-refractivity contribution in [1.29, 1.82) is 0 Å². The maximum absolute atomic E-state index is 12.2. The maximum atomic E-state index is 12.2. The molecule has 2 fully saturated rings. The van der Waals surface area contributed by atoms with E-state index in [1.54, 1.807) is 0 Å². The SMILES string of the molecule is O=C(O)CC1(NC(=O)OCc2ccccc2)CCCC2(CC2)C1. The monoisotopic (exact) mass is 317 g/mol. The van der Waals surface area contributed by atoms with Crippen LogP contribution in [0.3, 0.4) is 0 Å². The fourth-order valence-electron chi connectivity index (χ4n) is 3.87. The van der Waals surface area contributed by atoms with Crippen molar-refractivity contribution in [3.63, 3.8) is 0 Å². The Kier molecular flexibility index (Phi) is 4.28. The van der Waals surface area contributed by atoms with Crippen LogP contribution >= 0.6 is 0 Å². The first-order chi connectivity index (χ1) is 11.0. The van der Waals surface area contributed by atoms with Crippen molar-refractivity contribution in [1.82, 2.24) is 5.32 Å². The number of aliphatic carboxylic acids is 1. The Labute approximate surface area is 136 Å². The first kappa shape index (κ1) is 15.8. The number of carboxylic acid groups (broad SMARTS) is 1. The van der Waals surface area contributed by atoms with Gasteiger partial charge in [0.1, 0.15) is 6.61 Å². The van der Waals surface area contributed by atoms with Crippen LogP contribution in [0.1, 0.15) is 50.5 Å². The Hall–Kier alpha value is -2.04. The van der Waals surface area contributed by atoms with Gasteiger partial charge in [0, 0.05) is 0 Å². The molecule has 0 heterocycles. The van der Waals surface area contributed by atoms with E-state index in [2.05, 4.69) is 5.32 Å². The van der Waals surface area contributed by atoms with Gasteiger partial charge < -0.3 is 15.2 Å². The van der Waals surface area contributed by atoms with Crippen LogP contribution in [0.15, 0.2) is 30.3 Å². The normalized spacial score (nSPS) is 24.9. The van der Waals surface area contributed by atoms with Gasteiger partial charge in [-0.15, -0.1) is 0 Å². The highest BCUT2D eigenvalue weighted by atomic mass is 16.5. The molecular formula is C18H23NO4. The molecular weight excluding hydrogens is 294 g/mol. The molecule has 2 aliphatic carbocycles. The van der Waals surface area contributed by atoms with E-state index in [4.69, 9.17) is 4.74 Å². The summed E-state index contributed by atoms with van der Waals surface area (Å²) in [6.45, 7) is 0.195. The second-order valence-electron chi connectivity index (χ2n) is 7.07. The van der Waals surface area contributed by atoms with Gasteiger partial charge in [-0.25, -0.2) is 4.79 Å². The van der Waals surface area contributed by atoms with Gasteiger partial charge >= 0.3 is 12.1 Å². The summed E-state index contributed by atoms with van der Waals surface area (Å²) in [4.78, 5) is 23.4. The zero-order valence-electron chi connectivity index (χ0n) is 13.2. The van der Waals surface area contributed by atoms with E-state index in [-0.39, 0.29) is 18.4 Å². The Balaban J connectivity index is 1.61. The second kappa shape index (κ2) is 6.22. The molecule has 1 unspecified atom stereocenters. The van der Waals surface area contributed by atoms with Gasteiger partial charge in [-0.05, 0) is 43.1 Å².